The van der Waals surface area contributed by atoms with E-state index in [-0.39, 0.29) is 37.1 Å². The number of carbonyl (C=O) groups is 1. The molecule has 1 saturated heterocycles. The van der Waals surface area contributed by atoms with Gasteiger partial charge < -0.3 is 15.1 Å². The zero-order chi connectivity index (χ0) is 17.9. The Balaban J connectivity index is 0.00000140. The molecule has 2 N–H and O–H groups in total. The summed E-state index contributed by atoms with van der Waals surface area (Å²) in [7, 11) is 0. The third-order valence-corrected chi connectivity index (χ3v) is 5.80. The number of hydrogen-bond acceptors (Lipinski definition) is 5. The molecule has 0 unspecified atom stereocenters. The van der Waals surface area contributed by atoms with Crippen molar-refractivity contribution in [2.45, 2.75) is 12.3 Å². The normalized spacial score (nSPS) is 18.4. The van der Waals surface area contributed by atoms with Crippen LogP contribution in [0.15, 0.2) is 58.5 Å². The number of carbonyl (C=O) groups excluding carboxylic acids is 1. The molecule has 0 aliphatic carbocycles. The highest BCUT2D eigenvalue weighted by molar-refractivity contribution is 7.13. The van der Waals surface area contributed by atoms with Crippen molar-refractivity contribution in [3.05, 3.63) is 65.4 Å². The summed E-state index contributed by atoms with van der Waals surface area (Å²) < 4.78 is 5.51. The summed E-state index contributed by atoms with van der Waals surface area (Å²) in [5.74, 6) is 1.24. The Morgan fingerprint density at radius 3 is 2.64 bits per heavy atom. The first kappa shape index (κ1) is 22.4. The van der Waals surface area contributed by atoms with Gasteiger partial charge in [0.1, 0.15) is 6.26 Å². The molecule has 0 spiro atoms. The molecule has 5 nitrogen and oxygen atoms in total. The van der Waals surface area contributed by atoms with Gasteiger partial charge in [-0.05, 0) is 29.5 Å². The van der Waals surface area contributed by atoms with Gasteiger partial charge in [0.2, 0.25) is 11.8 Å². The van der Waals surface area contributed by atoms with Gasteiger partial charge in [0.05, 0.1) is 17.0 Å². The molecule has 2 aromatic heterocycles. The second-order valence-electron chi connectivity index (χ2n) is 6.61. The van der Waals surface area contributed by atoms with E-state index >= 15 is 0 Å². The fraction of sp³-hybridized carbons (Fsp3) is 0.300. The molecule has 0 saturated carbocycles. The van der Waals surface area contributed by atoms with Crippen molar-refractivity contribution in [2.75, 3.05) is 19.6 Å². The second-order valence-corrected chi connectivity index (χ2v) is 7.56. The van der Waals surface area contributed by atoms with Gasteiger partial charge in [-0.2, -0.15) is 0 Å². The zero-order valence-corrected chi connectivity index (χ0v) is 17.6. The number of rotatable bonds is 5. The van der Waals surface area contributed by atoms with Crippen molar-refractivity contribution >= 4 is 42.1 Å². The second kappa shape index (κ2) is 10.1. The van der Waals surface area contributed by atoms with Gasteiger partial charge in [-0.3, -0.25) is 4.79 Å². The standard InChI is InChI=1S/C20H21N3O2S.2ClH/c21-10-15-11-23(12-17(15)14-5-2-1-3-6-14)19(24)9-16-13-25-20(22-16)18-7-4-8-26-18;;/h1-8,13,15,17H,9-12,21H2;2*1H/t15-,17+;;/m1../s1. The Labute approximate surface area is 180 Å². The van der Waals surface area contributed by atoms with Crippen LogP contribution in [0.4, 0.5) is 0 Å². The van der Waals surface area contributed by atoms with E-state index in [1.165, 1.54) is 5.56 Å². The SMILES string of the molecule is Cl.Cl.NC[C@@H]1CN(C(=O)Cc2coc(-c3cccs3)n2)C[C@H]1c1ccccc1. The Morgan fingerprint density at radius 1 is 1.18 bits per heavy atom. The van der Waals surface area contributed by atoms with Crippen LogP contribution in [0.5, 0.6) is 0 Å². The molecule has 1 aliphatic heterocycles. The predicted octanol–water partition coefficient (Wildman–Crippen LogP) is 3.99. The lowest BCUT2D eigenvalue weighted by atomic mass is 9.89. The van der Waals surface area contributed by atoms with E-state index in [0.29, 0.717) is 43.1 Å². The number of nitrogens with zero attached hydrogens (tertiary/aromatic N) is 2. The maximum absolute atomic E-state index is 12.8. The van der Waals surface area contributed by atoms with Crippen LogP contribution < -0.4 is 5.73 Å². The topological polar surface area (TPSA) is 72.4 Å². The van der Waals surface area contributed by atoms with E-state index in [9.17, 15) is 4.79 Å². The van der Waals surface area contributed by atoms with Gasteiger partial charge in [-0.1, -0.05) is 36.4 Å². The minimum Gasteiger partial charge on any atom is -0.444 e. The molecule has 0 bridgehead atoms. The van der Waals surface area contributed by atoms with Crippen molar-refractivity contribution in [2.24, 2.45) is 11.7 Å². The summed E-state index contributed by atoms with van der Waals surface area (Å²) in [6, 6.07) is 14.2. The first-order valence-electron chi connectivity index (χ1n) is 8.75. The van der Waals surface area contributed by atoms with Crippen LogP contribution in [0.1, 0.15) is 17.2 Å². The van der Waals surface area contributed by atoms with Gasteiger partial charge in [0.15, 0.2) is 0 Å². The maximum Gasteiger partial charge on any atom is 0.236 e. The molecule has 1 aliphatic rings. The molecule has 1 aromatic carbocycles. The highest BCUT2D eigenvalue weighted by Crippen LogP contribution is 2.32. The van der Waals surface area contributed by atoms with Crippen molar-refractivity contribution in [3.63, 3.8) is 0 Å². The summed E-state index contributed by atoms with van der Waals surface area (Å²) in [6.07, 6.45) is 1.84. The molecule has 0 radical (unpaired) electrons. The van der Waals surface area contributed by atoms with Crippen molar-refractivity contribution in [1.29, 1.82) is 0 Å². The molecule has 1 fully saturated rings. The van der Waals surface area contributed by atoms with Gasteiger partial charge in [0.25, 0.3) is 0 Å². The average molecular weight is 440 g/mol. The van der Waals surface area contributed by atoms with Gasteiger partial charge in [0, 0.05) is 19.0 Å². The van der Waals surface area contributed by atoms with E-state index in [4.69, 9.17) is 10.2 Å². The minimum atomic E-state index is 0. The highest BCUT2D eigenvalue weighted by atomic mass is 35.5. The molecule has 8 heteroatoms. The number of thiophene rings is 1. The molecule has 150 valence electrons. The van der Waals surface area contributed by atoms with Crippen LogP contribution in [0, 0.1) is 5.92 Å². The minimum absolute atomic E-state index is 0. The van der Waals surface area contributed by atoms with E-state index in [2.05, 4.69) is 17.1 Å². The van der Waals surface area contributed by atoms with E-state index in [0.717, 1.165) is 4.88 Å². The summed E-state index contributed by atoms with van der Waals surface area (Å²) >= 11 is 1.57. The van der Waals surface area contributed by atoms with Gasteiger partial charge in [-0.25, -0.2) is 4.98 Å². The maximum atomic E-state index is 12.8. The molecular formula is C20H23Cl2N3O2S. The lowest BCUT2D eigenvalue weighted by molar-refractivity contribution is -0.129. The summed E-state index contributed by atoms with van der Waals surface area (Å²) in [4.78, 5) is 20.1. The summed E-state index contributed by atoms with van der Waals surface area (Å²) in [5, 5.41) is 1.98. The van der Waals surface area contributed by atoms with E-state index in [1.54, 1.807) is 17.6 Å². The Kier molecular flexibility index (Phi) is 8.07. The van der Waals surface area contributed by atoms with Crippen LogP contribution in [-0.4, -0.2) is 35.4 Å². The molecule has 1 amide bonds. The van der Waals surface area contributed by atoms with Crippen molar-refractivity contribution < 1.29 is 9.21 Å². The quantitative estimate of drug-likeness (QED) is 0.651. The van der Waals surface area contributed by atoms with Crippen LogP contribution in [-0.2, 0) is 11.2 Å². The Morgan fingerprint density at radius 2 is 1.96 bits per heavy atom. The predicted molar refractivity (Wildman–Crippen MR) is 116 cm³/mol. The number of benzene rings is 1. The fourth-order valence-corrected chi connectivity index (χ4v) is 4.22. The largest absolute Gasteiger partial charge is 0.444 e. The average Bonchev–Trinajstić information content (AvgIpc) is 3.41. The monoisotopic (exact) mass is 439 g/mol. The molecule has 2 atom stereocenters. The van der Waals surface area contributed by atoms with Crippen molar-refractivity contribution in [3.8, 4) is 10.8 Å². The third-order valence-electron chi connectivity index (χ3n) is 4.94. The number of hydrogen-bond donors (Lipinski definition) is 1. The molecule has 3 heterocycles. The van der Waals surface area contributed by atoms with Crippen LogP contribution in [0.2, 0.25) is 0 Å². The fourth-order valence-electron chi connectivity index (χ4n) is 3.56. The lowest BCUT2D eigenvalue weighted by Gasteiger charge is -2.16. The van der Waals surface area contributed by atoms with Crippen LogP contribution in [0.3, 0.4) is 0 Å². The molecule has 4 rings (SSSR count). The first-order chi connectivity index (χ1) is 12.7. The lowest BCUT2D eigenvalue weighted by Crippen LogP contribution is -2.31. The Bertz CT molecular complexity index is 871. The van der Waals surface area contributed by atoms with Crippen LogP contribution in [0.25, 0.3) is 10.8 Å². The molecule has 28 heavy (non-hydrogen) atoms. The molecular weight excluding hydrogens is 417 g/mol. The smallest absolute Gasteiger partial charge is 0.236 e. The first-order valence-corrected chi connectivity index (χ1v) is 9.63. The zero-order valence-electron chi connectivity index (χ0n) is 15.2. The number of nitrogens with two attached hydrogens (primary N) is 1. The number of oxazole rings is 1. The number of amides is 1. The van der Waals surface area contributed by atoms with Gasteiger partial charge in [-0.15, -0.1) is 36.2 Å². The van der Waals surface area contributed by atoms with E-state index < -0.39 is 0 Å². The summed E-state index contributed by atoms with van der Waals surface area (Å²) in [5.41, 5.74) is 7.89. The molecule has 3 aromatic rings. The Hall–Kier alpha value is -1.86. The summed E-state index contributed by atoms with van der Waals surface area (Å²) in [6.45, 7) is 1.99. The number of likely N-dealkylation sites (tertiary alicyclic amines) is 1. The number of halogens is 2. The van der Waals surface area contributed by atoms with Gasteiger partial charge >= 0.3 is 0 Å². The highest BCUT2D eigenvalue weighted by Gasteiger charge is 2.35. The third kappa shape index (κ3) is 4.75. The van der Waals surface area contributed by atoms with Crippen molar-refractivity contribution in [1.82, 2.24) is 9.88 Å². The number of aromatic nitrogens is 1. The van der Waals surface area contributed by atoms with E-state index in [1.807, 2.05) is 40.6 Å². The van der Waals surface area contributed by atoms with Crippen LogP contribution >= 0.6 is 36.2 Å².